The minimum Gasteiger partial charge on any atom is -0.268 e. The van der Waals surface area contributed by atoms with Crippen molar-refractivity contribution in [2.24, 2.45) is 7.05 Å². The van der Waals surface area contributed by atoms with E-state index in [1.54, 1.807) is 23.0 Å². The fourth-order valence-electron chi connectivity index (χ4n) is 1.04. The first-order valence-electron chi connectivity index (χ1n) is 4.73. The highest BCUT2D eigenvalue weighted by atomic mass is 15.2. The molecule has 0 fully saturated rings. The van der Waals surface area contributed by atoms with Gasteiger partial charge in [0.15, 0.2) is 0 Å². The van der Waals surface area contributed by atoms with Gasteiger partial charge in [0, 0.05) is 12.3 Å². The Bertz CT molecular complexity index is 396. The zero-order valence-electron chi connectivity index (χ0n) is 9.20. The van der Waals surface area contributed by atoms with Crippen molar-refractivity contribution in [2.45, 2.75) is 13.8 Å². The first-order chi connectivity index (χ1) is 6.79. The van der Waals surface area contributed by atoms with Gasteiger partial charge in [-0.1, -0.05) is 45.2 Å². The van der Waals surface area contributed by atoms with Gasteiger partial charge in [-0.05, 0) is 6.08 Å². The van der Waals surface area contributed by atoms with E-state index < -0.39 is 0 Å². The van der Waals surface area contributed by atoms with E-state index in [2.05, 4.69) is 18.3 Å². The summed E-state index contributed by atoms with van der Waals surface area (Å²) >= 11 is 0. The molecule has 1 heterocycles. The Morgan fingerprint density at radius 2 is 1.79 bits per heavy atom. The van der Waals surface area contributed by atoms with Gasteiger partial charge in [0.25, 0.3) is 0 Å². The smallest absolute Gasteiger partial charge is 0.0678 e. The molecule has 0 bridgehead atoms. The molecule has 76 valence electrons. The molecule has 0 aliphatic carbocycles. The van der Waals surface area contributed by atoms with Crippen molar-refractivity contribution >= 4 is 12.2 Å². The van der Waals surface area contributed by atoms with E-state index in [0.717, 1.165) is 10.6 Å². The molecule has 0 aliphatic heterocycles. The molecule has 0 aromatic carbocycles. The van der Waals surface area contributed by atoms with E-state index in [1.807, 2.05) is 33.0 Å². The van der Waals surface area contributed by atoms with Crippen LogP contribution in [0.2, 0.25) is 0 Å². The number of hydrogen-bond donors (Lipinski definition) is 0. The second-order valence-corrected chi connectivity index (χ2v) is 2.41. The van der Waals surface area contributed by atoms with Crippen molar-refractivity contribution in [3.63, 3.8) is 0 Å². The largest absolute Gasteiger partial charge is 0.268 e. The van der Waals surface area contributed by atoms with Crippen LogP contribution in [0.4, 0.5) is 0 Å². The lowest BCUT2D eigenvalue weighted by Gasteiger charge is -1.85. The number of hydrogen-bond acceptors (Lipinski definition) is 1. The van der Waals surface area contributed by atoms with Crippen LogP contribution >= 0.6 is 0 Å². The molecular weight excluding hydrogens is 172 g/mol. The average Bonchev–Trinajstić information content (AvgIpc) is 2.54. The Hall–Kier alpha value is -1.57. The van der Waals surface area contributed by atoms with Crippen molar-refractivity contribution in [1.82, 2.24) is 9.78 Å². The van der Waals surface area contributed by atoms with Crippen LogP contribution in [-0.2, 0) is 7.05 Å². The van der Waals surface area contributed by atoms with E-state index in [9.17, 15) is 0 Å². The molecule has 0 spiro atoms. The number of aromatic nitrogens is 2. The van der Waals surface area contributed by atoms with Crippen LogP contribution in [-0.4, -0.2) is 9.78 Å². The number of nitrogens with zero attached hydrogens (tertiary/aromatic N) is 2. The van der Waals surface area contributed by atoms with Crippen molar-refractivity contribution in [2.75, 3.05) is 0 Å². The monoisotopic (exact) mass is 190 g/mol. The van der Waals surface area contributed by atoms with E-state index in [-0.39, 0.29) is 0 Å². The van der Waals surface area contributed by atoms with Gasteiger partial charge in [0.05, 0.1) is 11.5 Å². The summed E-state index contributed by atoms with van der Waals surface area (Å²) in [4.78, 5) is 0. The lowest BCUT2D eigenvalue weighted by Crippen LogP contribution is -2.27. The van der Waals surface area contributed by atoms with E-state index in [0.29, 0.717) is 0 Å². The standard InChI is InChI=1S/C10H12N2.C2H6/c1-4-6-9-8-11-12(3)10(9)7-5-2;1-2/h4-8H,1-2H2,3H3;1-2H3/b9-6-,10-7+;. The number of allylic oxidation sites excluding steroid dienone is 2. The molecule has 0 amide bonds. The maximum atomic E-state index is 4.11. The quantitative estimate of drug-likeness (QED) is 0.689. The van der Waals surface area contributed by atoms with Gasteiger partial charge in [-0.25, -0.2) is 0 Å². The first kappa shape index (κ1) is 12.4. The maximum absolute atomic E-state index is 4.11. The third kappa shape index (κ3) is 3.05. The van der Waals surface area contributed by atoms with E-state index in [1.165, 1.54) is 0 Å². The van der Waals surface area contributed by atoms with Crippen LogP contribution in [0.1, 0.15) is 13.8 Å². The molecule has 1 rings (SSSR count). The zero-order chi connectivity index (χ0) is 11.0. The topological polar surface area (TPSA) is 17.8 Å². The summed E-state index contributed by atoms with van der Waals surface area (Å²) in [5.41, 5.74) is 0. The van der Waals surface area contributed by atoms with Crippen LogP contribution in [0, 0.1) is 0 Å². The summed E-state index contributed by atoms with van der Waals surface area (Å²) in [5, 5.41) is 6.22. The molecular formula is C12H18N2. The molecule has 1 aromatic rings. The summed E-state index contributed by atoms with van der Waals surface area (Å²) < 4.78 is 1.80. The van der Waals surface area contributed by atoms with Gasteiger partial charge < -0.3 is 0 Å². The van der Waals surface area contributed by atoms with Crippen LogP contribution in [0.3, 0.4) is 0 Å². The third-order valence-electron chi connectivity index (χ3n) is 1.59. The van der Waals surface area contributed by atoms with Crippen molar-refractivity contribution in [3.05, 3.63) is 42.1 Å². The highest BCUT2D eigenvalue weighted by Crippen LogP contribution is 1.69. The molecule has 0 saturated heterocycles. The van der Waals surface area contributed by atoms with E-state index >= 15 is 0 Å². The summed E-state index contributed by atoms with van der Waals surface area (Å²) in [6, 6.07) is 0. The molecule has 0 radical (unpaired) electrons. The van der Waals surface area contributed by atoms with Gasteiger partial charge in [0.2, 0.25) is 0 Å². The van der Waals surface area contributed by atoms with Crippen LogP contribution in [0.5, 0.6) is 0 Å². The lowest BCUT2D eigenvalue weighted by molar-refractivity contribution is 0.743. The minimum atomic E-state index is 1.05. The molecule has 2 nitrogen and oxygen atoms in total. The Labute approximate surface area is 85.6 Å². The summed E-state index contributed by atoms with van der Waals surface area (Å²) in [6.45, 7) is 11.3. The normalized spacial score (nSPS) is 11.9. The average molecular weight is 190 g/mol. The summed E-state index contributed by atoms with van der Waals surface area (Å²) in [5.74, 6) is 0. The van der Waals surface area contributed by atoms with Crippen molar-refractivity contribution in [3.8, 4) is 0 Å². The molecule has 1 aromatic heterocycles. The first-order valence-corrected chi connectivity index (χ1v) is 4.73. The van der Waals surface area contributed by atoms with Gasteiger partial charge in [-0.15, -0.1) is 0 Å². The minimum absolute atomic E-state index is 1.05. The Kier molecular flexibility index (Phi) is 6.12. The number of rotatable bonds is 2. The fourth-order valence-corrected chi connectivity index (χ4v) is 1.04. The van der Waals surface area contributed by atoms with Gasteiger partial charge >= 0.3 is 0 Å². The van der Waals surface area contributed by atoms with Gasteiger partial charge in [-0.3, -0.25) is 4.68 Å². The molecule has 0 atom stereocenters. The lowest BCUT2D eigenvalue weighted by atomic mass is 10.3. The Morgan fingerprint density at radius 3 is 2.29 bits per heavy atom. The maximum Gasteiger partial charge on any atom is 0.0678 e. The summed E-state index contributed by atoms with van der Waals surface area (Å²) in [6.07, 6.45) is 9.14. The second-order valence-electron chi connectivity index (χ2n) is 2.41. The molecule has 14 heavy (non-hydrogen) atoms. The predicted molar refractivity (Wildman–Crippen MR) is 63.1 cm³/mol. The van der Waals surface area contributed by atoms with Gasteiger partial charge in [-0.2, -0.15) is 5.10 Å². The molecule has 2 heteroatoms. The van der Waals surface area contributed by atoms with Crippen LogP contribution in [0.15, 0.2) is 31.5 Å². The fraction of sp³-hybridized carbons (Fsp3) is 0.250. The van der Waals surface area contributed by atoms with Crippen LogP contribution < -0.4 is 10.6 Å². The molecule has 0 saturated carbocycles. The van der Waals surface area contributed by atoms with Crippen molar-refractivity contribution < 1.29 is 0 Å². The van der Waals surface area contributed by atoms with E-state index in [4.69, 9.17) is 0 Å². The van der Waals surface area contributed by atoms with Gasteiger partial charge in [0.1, 0.15) is 0 Å². The molecule has 0 unspecified atom stereocenters. The zero-order valence-corrected chi connectivity index (χ0v) is 9.20. The number of aryl methyl sites for hydroxylation is 1. The predicted octanol–water partition coefficient (Wildman–Crippen LogP) is 1.38. The molecule has 0 N–H and O–H groups in total. The highest BCUT2D eigenvalue weighted by Gasteiger charge is 1.88. The molecule has 0 aliphatic rings. The third-order valence-corrected chi connectivity index (χ3v) is 1.59. The summed E-state index contributed by atoms with van der Waals surface area (Å²) in [7, 11) is 1.90. The van der Waals surface area contributed by atoms with Crippen LogP contribution in [0.25, 0.3) is 12.2 Å². The van der Waals surface area contributed by atoms with Crippen molar-refractivity contribution in [1.29, 1.82) is 0 Å². The Balaban J connectivity index is 0.000000791. The SMILES string of the molecule is C=C/C=c1/cnn(C)/c1=C/C=C.CC. The Morgan fingerprint density at radius 1 is 1.21 bits per heavy atom. The second kappa shape index (κ2) is 6.89. The highest BCUT2D eigenvalue weighted by molar-refractivity contribution is 5.39.